The van der Waals surface area contributed by atoms with Crippen LogP contribution < -0.4 is 0 Å². The fraction of sp³-hybridized carbons (Fsp3) is 0.500. The zero-order valence-electron chi connectivity index (χ0n) is 17.5. The first-order valence-corrected chi connectivity index (χ1v) is 10.2. The first kappa shape index (κ1) is 19.5. The van der Waals surface area contributed by atoms with E-state index in [9.17, 15) is 9.59 Å². The fourth-order valence-electron chi connectivity index (χ4n) is 4.77. The van der Waals surface area contributed by atoms with Crippen LogP contribution in [0.4, 0.5) is 4.79 Å². The maximum atomic E-state index is 13.7. The number of ether oxygens (including phenoxy) is 1. The van der Waals surface area contributed by atoms with Crippen molar-refractivity contribution in [1.29, 1.82) is 0 Å². The van der Waals surface area contributed by atoms with Crippen LogP contribution in [-0.4, -0.2) is 57.8 Å². The van der Waals surface area contributed by atoms with Gasteiger partial charge in [-0.05, 0) is 37.8 Å². The molecule has 1 fully saturated rings. The van der Waals surface area contributed by atoms with Gasteiger partial charge in [-0.25, -0.2) is 9.48 Å². The molecule has 2 aliphatic rings. The molecular weight excluding hydrogens is 368 g/mol. The van der Waals surface area contributed by atoms with Crippen LogP contribution in [0.3, 0.4) is 0 Å². The summed E-state index contributed by atoms with van der Waals surface area (Å²) in [6.45, 7) is 7.43. The molecule has 3 heterocycles. The molecule has 0 aliphatic carbocycles. The highest BCUT2D eigenvalue weighted by Crippen LogP contribution is 2.43. The number of amides is 2. The van der Waals surface area contributed by atoms with E-state index in [4.69, 9.17) is 9.84 Å². The SMILES string of the molecule is COC(=O)N1CCCC(N2C(=O)c3c(c(C)nn3-c3ccccc3)C2C(C)C)C1. The molecule has 0 saturated carbocycles. The number of aryl methyl sites for hydroxylation is 1. The van der Waals surface area contributed by atoms with Crippen LogP contribution in [0.5, 0.6) is 0 Å². The van der Waals surface area contributed by atoms with E-state index in [1.807, 2.05) is 42.2 Å². The van der Waals surface area contributed by atoms with Crippen LogP contribution in [-0.2, 0) is 4.74 Å². The second kappa shape index (κ2) is 7.54. The molecule has 0 N–H and O–H groups in total. The second-order valence-corrected chi connectivity index (χ2v) is 8.21. The third-order valence-corrected chi connectivity index (χ3v) is 5.99. The lowest BCUT2D eigenvalue weighted by Gasteiger charge is -2.41. The number of benzene rings is 1. The van der Waals surface area contributed by atoms with Crippen LogP contribution in [0.1, 0.15) is 54.5 Å². The summed E-state index contributed by atoms with van der Waals surface area (Å²) in [7, 11) is 1.40. The molecule has 7 heteroatoms. The van der Waals surface area contributed by atoms with E-state index in [1.165, 1.54) is 7.11 Å². The van der Waals surface area contributed by atoms with E-state index in [2.05, 4.69) is 13.8 Å². The Kier molecular flexibility index (Phi) is 5.06. The van der Waals surface area contributed by atoms with E-state index < -0.39 is 0 Å². The molecule has 0 radical (unpaired) electrons. The molecule has 2 amide bonds. The summed E-state index contributed by atoms with van der Waals surface area (Å²) in [5.41, 5.74) is 3.44. The van der Waals surface area contributed by atoms with Crippen molar-refractivity contribution in [3.05, 3.63) is 47.3 Å². The zero-order chi connectivity index (χ0) is 20.7. The first-order chi connectivity index (χ1) is 13.9. The third kappa shape index (κ3) is 3.18. The van der Waals surface area contributed by atoms with Gasteiger partial charge in [-0.2, -0.15) is 5.10 Å². The highest BCUT2D eigenvalue weighted by molar-refractivity contribution is 5.99. The summed E-state index contributed by atoms with van der Waals surface area (Å²) >= 11 is 0. The number of carbonyl (C=O) groups is 2. The average molecular weight is 396 g/mol. The normalized spacial score (nSPS) is 21.6. The highest BCUT2D eigenvalue weighted by Gasteiger charge is 2.47. The maximum Gasteiger partial charge on any atom is 0.409 e. The number of hydrogen-bond acceptors (Lipinski definition) is 4. The summed E-state index contributed by atoms with van der Waals surface area (Å²) in [5.74, 6) is 0.237. The molecule has 7 nitrogen and oxygen atoms in total. The number of piperidine rings is 1. The molecule has 29 heavy (non-hydrogen) atoms. The van der Waals surface area contributed by atoms with Crippen molar-refractivity contribution in [3.8, 4) is 5.69 Å². The summed E-state index contributed by atoms with van der Waals surface area (Å²) in [5, 5.41) is 4.71. The number of rotatable bonds is 3. The smallest absolute Gasteiger partial charge is 0.409 e. The van der Waals surface area contributed by atoms with Gasteiger partial charge < -0.3 is 14.5 Å². The molecule has 2 unspecified atom stereocenters. The van der Waals surface area contributed by atoms with Gasteiger partial charge in [-0.3, -0.25) is 4.79 Å². The van der Waals surface area contributed by atoms with Gasteiger partial charge in [0, 0.05) is 18.7 Å². The molecule has 4 rings (SSSR count). The lowest BCUT2D eigenvalue weighted by Crippen LogP contribution is -2.51. The fourth-order valence-corrected chi connectivity index (χ4v) is 4.77. The predicted molar refractivity (Wildman–Crippen MR) is 109 cm³/mol. The first-order valence-electron chi connectivity index (χ1n) is 10.2. The van der Waals surface area contributed by atoms with E-state index in [0.717, 1.165) is 29.8 Å². The minimum atomic E-state index is -0.327. The van der Waals surface area contributed by atoms with E-state index in [1.54, 1.807) is 9.58 Å². The number of nitrogens with zero attached hydrogens (tertiary/aromatic N) is 4. The Labute approximate surface area is 171 Å². The molecule has 1 saturated heterocycles. The van der Waals surface area contributed by atoms with Gasteiger partial charge in [0.1, 0.15) is 5.69 Å². The van der Waals surface area contributed by atoms with Gasteiger partial charge in [-0.1, -0.05) is 32.0 Å². The third-order valence-electron chi connectivity index (χ3n) is 5.99. The number of methoxy groups -OCH3 is 1. The van der Waals surface area contributed by atoms with E-state index >= 15 is 0 Å². The number of para-hydroxylation sites is 1. The maximum absolute atomic E-state index is 13.7. The summed E-state index contributed by atoms with van der Waals surface area (Å²) in [6, 6.07) is 9.71. The minimum absolute atomic E-state index is 0.000121. The Balaban J connectivity index is 1.75. The van der Waals surface area contributed by atoms with Crippen LogP contribution in [0, 0.1) is 12.8 Å². The Hall–Kier alpha value is -2.83. The van der Waals surface area contributed by atoms with E-state index in [0.29, 0.717) is 18.8 Å². The molecule has 1 aromatic carbocycles. The summed E-state index contributed by atoms with van der Waals surface area (Å²) in [4.78, 5) is 29.5. The lowest BCUT2D eigenvalue weighted by molar-refractivity contribution is 0.0363. The molecule has 2 aliphatic heterocycles. The summed E-state index contributed by atoms with van der Waals surface area (Å²) < 4.78 is 6.70. The second-order valence-electron chi connectivity index (χ2n) is 8.21. The van der Waals surface area contributed by atoms with Gasteiger partial charge in [0.05, 0.1) is 30.6 Å². The van der Waals surface area contributed by atoms with Crippen molar-refractivity contribution >= 4 is 12.0 Å². The number of likely N-dealkylation sites (tertiary alicyclic amines) is 1. The molecule has 1 aromatic heterocycles. The Morgan fingerprint density at radius 2 is 1.97 bits per heavy atom. The minimum Gasteiger partial charge on any atom is -0.453 e. The van der Waals surface area contributed by atoms with Crippen molar-refractivity contribution in [2.75, 3.05) is 20.2 Å². The number of hydrogen-bond donors (Lipinski definition) is 0. The molecule has 0 bridgehead atoms. The monoisotopic (exact) mass is 396 g/mol. The molecule has 154 valence electrons. The van der Waals surface area contributed by atoms with Crippen LogP contribution >= 0.6 is 0 Å². The largest absolute Gasteiger partial charge is 0.453 e. The Bertz CT molecular complexity index is 922. The van der Waals surface area contributed by atoms with Gasteiger partial charge in [0.2, 0.25) is 0 Å². The molecule has 0 spiro atoms. The zero-order valence-corrected chi connectivity index (χ0v) is 17.5. The van der Waals surface area contributed by atoms with Crippen molar-refractivity contribution in [2.24, 2.45) is 5.92 Å². The van der Waals surface area contributed by atoms with Crippen molar-refractivity contribution in [3.63, 3.8) is 0 Å². The number of aromatic nitrogens is 2. The Morgan fingerprint density at radius 3 is 2.62 bits per heavy atom. The predicted octanol–water partition coefficient (Wildman–Crippen LogP) is 3.56. The lowest BCUT2D eigenvalue weighted by atomic mass is 9.94. The molecule has 2 atom stereocenters. The van der Waals surface area contributed by atoms with Crippen LogP contribution in [0.15, 0.2) is 30.3 Å². The van der Waals surface area contributed by atoms with Crippen molar-refractivity contribution < 1.29 is 14.3 Å². The van der Waals surface area contributed by atoms with Gasteiger partial charge in [-0.15, -0.1) is 0 Å². The standard InChI is InChI=1S/C22H28N4O3/c1-14(2)19-18-15(3)23-26(16-9-6-5-7-10-16)20(18)21(27)25(19)17-11-8-12-24(13-17)22(28)29-4/h5-7,9-10,14,17,19H,8,11-13H2,1-4H3. The quantitative estimate of drug-likeness (QED) is 0.796. The number of fused-ring (bicyclic) bond motifs is 1. The van der Waals surface area contributed by atoms with E-state index in [-0.39, 0.29) is 30.0 Å². The van der Waals surface area contributed by atoms with Crippen LogP contribution in [0.25, 0.3) is 5.69 Å². The van der Waals surface area contributed by atoms with Crippen molar-refractivity contribution in [2.45, 2.75) is 45.7 Å². The summed E-state index contributed by atoms with van der Waals surface area (Å²) in [6.07, 6.45) is 1.41. The van der Waals surface area contributed by atoms with Gasteiger partial charge >= 0.3 is 6.09 Å². The molecular formula is C22H28N4O3. The van der Waals surface area contributed by atoms with Crippen molar-refractivity contribution in [1.82, 2.24) is 19.6 Å². The van der Waals surface area contributed by atoms with Crippen LogP contribution in [0.2, 0.25) is 0 Å². The van der Waals surface area contributed by atoms with Gasteiger partial charge in [0.15, 0.2) is 0 Å². The average Bonchev–Trinajstić information content (AvgIpc) is 3.23. The Morgan fingerprint density at radius 1 is 1.24 bits per heavy atom. The topological polar surface area (TPSA) is 67.7 Å². The molecule has 2 aromatic rings. The van der Waals surface area contributed by atoms with Gasteiger partial charge in [0.25, 0.3) is 5.91 Å². The highest BCUT2D eigenvalue weighted by atomic mass is 16.5. The number of carbonyl (C=O) groups excluding carboxylic acids is 2.